The lowest BCUT2D eigenvalue weighted by Gasteiger charge is -2.11. The zero-order valence-electron chi connectivity index (χ0n) is 10.8. The quantitative estimate of drug-likeness (QED) is 0.891. The Hall–Kier alpha value is -2.28. The van der Waals surface area contributed by atoms with Crippen molar-refractivity contribution in [3.8, 4) is 5.75 Å². The van der Waals surface area contributed by atoms with Crippen molar-refractivity contribution in [3.05, 3.63) is 45.2 Å². The van der Waals surface area contributed by atoms with Gasteiger partial charge in [-0.2, -0.15) is 0 Å². The van der Waals surface area contributed by atoms with Crippen LogP contribution < -0.4 is 15.8 Å². The van der Waals surface area contributed by atoms with Crippen LogP contribution in [0.3, 0.4) is 0 Å². The van der Waals surface area contributed by atoms with E-state index in [1.807, 2.05) is 0 Å². The van der Waals surface area contributed by atoms with Gasteiger partial charge in [0.15, 0.2) is 5.82 Å². The van der Waals surface area contributed by atoms with Crippen molar-refractivity contribution in [1.29, 1.82) is 0 Å². The average Bonchev–Trinajstić information content (AvgIpc) is 2.86. The van der Waals surface area contributed by atoms with Crippen LogP contribution in [0.5, 0.6) is 5.75 Å². The molecular formula is C12H12ClN3O4. The maximum absolute atomic E-state index is 12.1. The summed E-state index contributed by atoms with van der Waals surface area (Å²) in [5.41, 5.74) is 0.379. The number of methoxy groups -OCH3 is 1. The van der Waals surface area contributed by atoms with Crippen molar-refractivity contribution in [2.45, 2.75) is 13.0 Å². The first-order chi connectivity index (χ1) is 9.51. The lowest BCUT2D eigenvalue weighted by atomic mass is 10.2. The zero-order valence-corrected chi connectivity index (χ0v) is 11.5. The largest absolute Gasteiger partial charge is 0.495 e. The highest BCUT2D eigenvalue weighted by Gasteiger charge is 2.16. The lowest BCUT2D eigenvalue weighted by molar-refractivity contribution is 0.0937. The number of benzene rings is 1. The van der Waals surface area contributed by atoms with E-state index in [9.17, 15) is 9.59 Å². The van der Waals surface area contributed by atoms with E-state index in [0.29, 0.717) is 16.3 Å². The minimum atomic E-state index is -0.672. The van der Waals surface area contributed by atoms with Gasteiger partial charge >= 0.3 is 5.76 Å². The molecule has 2 aromatic rings. The van der Waals surface area contributed by atoms with E-state index in [4.69, 9.17) is 16.3 Å². The monoisotopic (exact) mass is 297 g/mol. The number of hydrogen-bond acceptors (Lipinski definition) is 5. The lowest BCUT2D eigenvalue weighted by Crippen LogP contribution is -2.27. The molecule has 2 rings (SSSR count). The minimum absolute atomic E-state index is 0.240. The molecule has 1 amide bonds. The molecule has 0 aliphatic rings. The van der Waals surface area contributed by atoms with E-state index in [1.165, 1.54) is 13.2 Å². The van der Waals surface area contributed by atoms with Crippen LogP contribution in [-0.2, 0) is 0 Å². The average molecular weight is 298 g/mol. The summed E-state index contributed by atoms with van der Waals surface area (Å²) >= 11 is 5.89. The number of carbonyl (C=O) groups is 1. The van der Waals surface area contributed by atoms with E-state index in [0.717, 1.165) is 0 Å². The molecule has 0 saturated carbocycles. The first kappa shape index (κ1) is 14.1. The second-order valence-corrected chi connectivity index (χ2v) is 4.43. The number of rotatable bonds is 4. The van der Waals surface area contributed by atoms with Crippen LogP contribution in [0, 0.1) is 0 Å². The fraction of sp³-hybridized carbons (Fsp3) is 0.250. The van der Waals surface area contributed by atoms with E-state index in [1.54, 1.807) is 19.1 Å². The zero-order chi connectivity index (χ0) is 14.7. The first-order valence-corrected chi connectivity index (χ1v) is 6.09. The van der Waals surface area contributed by atoms with Gasteiger partial charge in [-0.25, -0.2) is 4.79 Å². The normalized spacial score (nSPS) is 11.9. The van der Waals surface area contributed by atoms with Crippen molar-refractivity contribution in [2.75, 3.05) is 7.11 Å². The van der Waals surface area contributed by atoms with Crippen LogP contribution in [0.15, 0.2) is 27.5 Å². The first-order valence-electron chi connectivity index (χ1n) is 5.71. The van der Waals surface area contributed by atoms with Gasteiger partial charge < -0.3 is 10.1 Å². The summed E-state index contributed by atoms with van der Waals surface area (Å²) in [5, 5.41) is 6.59. The summed E-state index contributed by atoms with van der Waals surface area (Å²) in [6.07, 6.45) is 0. The second-order valence-electron chi connectivity index (χ2n) is 4.02. The Kier molecular flexibility index (Phi) is 4.09. The van der Waals surface area contributed by atoms with E-state index in [2.05, 4.69) is 20.0 Å². The molecule has 7 nitrogen and oxygen atoms in total. The van der Waals surface area contributed by atoms with Crippen molar-refractivity contribution < 1.29 is 14.1 Å². The van der Waals surface area contributed by atoms with Gasteiger partial charge in [0.05, 0.1) is 18.2 Å². The maximum atomic E-state index is 12.1. The number of aromatic amines is 1. The molecule has 1 aromatic carbocycles. The fourth-order valence-electron chi connectivity index (χ4n) is 1.58. The Morgan fingerprint density at radius 2 is 2.30 bits per heavy atom. The number of halogens is 1. The van der Waals surface area contributed by atoms with E-state index >= 15 is 0 Å². The molecule has 1 heterocycles. The summed E-state index contributed by atoms with van der Waals surface area (Å²) < 4.78 is 9.42. The number of carbonyl (C=O) groups excluding carboxylic acids is 1. The molecule has 8 heteroatoms. The number of amides is 1. The van der Waals surface area contributed by atoms with Crippen LogP contribution in [0.1, 0.15) is 29.1 Å². The summed E-state index contributed by atoms with van der Waals surface area (Å²) in [7, 11) is 1.46. The van der Waals surface area contributed by atoms with Crippen molar-refractivity contribution in [1.82, 2.24) is 15.5 Å². The van der Waals surface area contributed by atoms with Crippen molar-refractivity contribution in [3.63, 3.8) is 0 Å². The molecule has 106 valence electrons. The number of aromatic nitrogens is 2. The molecule has 0 aliphatic heterocycles. The van der Waals surface area contributed by atoms with Crippen LogP contribution in [0.4, 0.5) is 0 Å². The molecule has 1 aromatic heterocycles. The predicted molar refractivity (Wildman–Crippen MR) is 71.0 cm³/mol. The van der Waals surface area contributed by atoms with Gasteiger partial charge in [0.25, 0.3) is 5.91 Å². The number of H-pyrrole nitrogens is 1. The van der Waals surface area contributed by atoms with Gasteiger partial charge in [0, 0.05) is 5.56 Å². The fourth-order valence-corrected chi connectivity index (χ4v) is 1.77. The summed E-state index contributed by atoms with van der Waals surface area (Å²) in [4.78, 5) is 25.3. The van der Waals surface area contributed by atoms with Crippen LogP contribution in [-0.4, -0.2) is 23.2 Å². The Morgan fingerprint density at radius 3 is 2.90 bits per heavy atom. The summed E-state index contributed by atoms with van der Waals surface area (Å²) in [5.74, 6) is -0.378. The highest BCUT2D eigenvalue weighted by Crippen LogP contribution is 2.25. The molecule has 1 atom stereocenters. The minimum Gasteiger partial charge on any atom is -0.495 e. The van der Waals surface area contributed by atoms with Crippen LogP contribution >= 0.6 is 11.6 Å². The maximum Gasteiger partial charge on any atom is 0.438 e. The van der Waals surface area contributed by atoms with Gasteiger partial charge in [-0.1, -0.05) is 16.8 Å². The number of nitrogens with one attached hydrogen (secondary N) is 2. The number of nitrogens with zero attached hydrogens (tertiary/aromatic N) is 1. The molecule has 0 bridgehead atoms. The Labute approximate surface area is 118 Å². The SMILES string of the molecule is COc1cc(C(=O)NC(C)c2noc(=O)[nH]2)ccc1Cl. The topological polar surface area (TPSA) is 97.2 Å². The van der Waals surface area contributed by atoms with Crippen molar-refractivity contribution >= 4 is 17.5 Å². The molecule has 0 saturated heterocycles. The molecule has 20 heavy (non-hydrogen) atoms. The van der Waals surface area contributed by atoms with Crippen LogP contribution in [0.25, 0.3) is 0 Å². The van der Waals surface area contributed by atoms with E-state index < -0.39 is 11.8 Å². The molecular weight excluding hydrogens is 286 g/mol. The third-order valence-electron chi connectivity index (χ3n) is 2.63. The van der Waals surface area contributed by atoms with Gasteiger partial charge in [-0.15, -0.1) is 0 Å². The summed E-state index contributed by atoms with van der Waals surface area (Å²) in [6, 6.07) is 4.15. The van der Waals surface area contributed by atoms with Crippen LogP contribution in [0.2, 0.25) is 5.02 Å². The molecule has 0 fully saturated rings. The Morgan fingerprint density at radius 1 is 1.55 bits per heavy atom. The van der Waals surface area contributed by atoms with Gasteiger partial charge in [-0.05, 0) is 25.1 Å². The number of hydrogen-bond donors (Lipinski definition) is 2. The smallest absolute Gasteiger partial charge is 0.438 e. The Bertz CT molecular complexity index is 679. The third-order valence-corrected chi connectivity index (χ3v) is 2.94. The standard InChI is InChI=1S/C12H12ClN3O4/c1-6(10-15-12(18)20-16-10)14-11(17)7-3-4-8(13)9(5-7)19-2/h3-6H,1-2H3,(H,14,17)(H,15,16,18). The molecule has 0 radical (unpaired) electrons. The van der Waals surface area contributed by atoms with Gasteiger partial charge in [-0.3, -0.25) is 14.3 Å². The number of ether oxygens (including phenoxy) is 1. The van der Waals surface area contributed by atoms with Gasteiger partial charge in [0.2, 0.25) is 0 Å². The second kappa shape index (κ2) is 5.79. The summed E-state index contributed by atoms with van der Waals surface area (Å²) in [6.45, 7) is 1.67. The molecule has 1 unspecified atom stereocenters. The molecule has 0 spiro atoms. The Balaban J connectivity index is 2.14. The molecule has 2 N–H and O–H groups in total. The highest BCUT2D eigenvalue weighted by molar-refractivity contribution is 6.32. The third kappa shape index (κ3) is 3.00. The van der Waals surface area contributed by atoms with Gasteiger partial charge in [0.1, 0.15) is 5.75 Å². The van der Waals surface area contributed by atoms with E-state index in [-0.39, 0.29) is 11.7 Å². The molecule has 0 aliphatic carbocycles. The van der Waals surface area contributed by atoms with Crippen molar-refractivity contribution in [2.24, 2.45) is 0 Å². The highest BCUT2D eigenvalue weighted by atomic mass is 35.5. The predicted octanol–water partition coefficient (Wildman–Crippen LogP) is 1.52.